The summed E-state index contributed by atoms with van der Waals surface area (Å²) in [6.45, 7) is 1.98. The number of hydrogen-bond acceptors (Lipinski definition) is 3. The van der Waals surface area contributed by atoms with Gasteiger partial charge >= 0.3 is 0 Å². The highest BCUT2D eigenvalue weighted by Gasteiger charge is 1.81. The Hall–Kier alpha value is -1.16. The van der Waals surface area contributed by atoms with E-state index in [0.29, 0.717) is 0 Å². The molecule has 0 spiro atoms. The van der Waals surface area contributed by atoms with E-state index in [1.54, 1.807) is 11.3 Å². The molecule has 12 heavy (non-hydrogen) atoms. The van der Waals surface area contributed by atoms with Crippen LogP contribution in [0.4, 0.5) is 4.39 Å². The van der Waals surface area contributed by atoms with Crippen LogP contribution >= 0.6 is 11.3 Å². The van der Waals surface area contributed by atoms with E-state index in [4.69, 9.17) is 0 Å². The van der Waals surface area contributed by atoms with Gasteiger partial charge in [0, 0.05) is 17.1 Å². The minimum atomic E-state index is -0.324. The van der Waals surface area contributed by atoms with Gasteiger partial charge in [-0.15, -0.1) is 11.3 Å². The van der Waals surface area contributed by atoms with Crippen LogP contribution in [0.5, 0.6) is 0 Å². The highest BCUT2D eigenvalue weighted by Crippen LogP contribution is 1.95. The van der Waals surface area contributed by atoms with E-state index in [9.17, 15) is 4.39 Å². The lowest BCUT2D eigenvalue weighted by Crippen LogP contribution is -1.59. The Balaban J connectivity index is 0.000000120. The van der Waals surface area contributed by atoms with Crippen molar-refractivity contribution in [2.45, 2.75) is 6.92 Å². The van der Waals surface area contributed by atoms with Crippen LogP contribution in [-0.2, 0) is 0 Å². The fourth-order valence-corrected chi connectivity index (χ4v) is 1.07. The molecule has 0 radical (unpaired) electrons. The third-order valence-corrected chi connectivity index (χ3v) is 1.75. The van der Waals surface area contributed by atoms with Crippen molar-refractivity contribution in [2.75, 3.05) is 0 Å². The van der Waals surface area contributed by atoms with Crippen molar-refractivity contribution < 1.29 is 8.81 Å². The maximum Gasteiger partial charge on any atom is 0.161 e. The Kier molecular flexibility index (Phi) is 3.47. The number of nitrogens with zero attached hydrogens (tertiary/aromatic N) is 1. The molecule has 0 unspecified atom stereocenters. The van der Waals surface area contributed by atoms with Crippen LogP contribution in [0.3, 0.4) is 0 Å². The van der Waals surface area contributed by atoms with Gasteiger partial charge in [0.25, 0.3) is 0 Å². The molecule has 4 heteroatoms. The molecular formula is C8H8FNOS. The normalized spacial score (nSPS) is 8.83. The maximum absolute atomic E-state index is 11.6. The van der Waals surface area contributed by atoms with Crippen molar-refractivity contribution in [3.05, 3.63) is 41.0 Å². The van der Waals surface area contributed by atoms with Crippen molar-refractivity contribution in [3.63, 3.8) is 0 Å². The van der Waals surface area contributed by atoms with Crippen LogP contribution in [0.25, 0.3) is 0 Å². The Labute approximate surface area is 73.7 Å². The fourth-order valence-electron chi connectivity index (χ4n) is 0.521. The van der Waals surface area contributed by atoms with Gasteiger partial charge in [0.05, 0.1) is 11.8 Å². The van der Waals surface area contributed by atoms with Gasteiger partial charge in [0.15, 0.2) is 5.82 Å². The third kappa shape index (κ3) is 3.30. The molecule has 0 saturated carbocycles. The molecule has 0 fully saturated rings. The summed E-state index contributed by atoms with van der Waals surface area (Å²) in [5.74, 6) is -0.324. The van der Waals surface area contributed by atoms with E-state index in [1.165, 1.54) is 12.3 Å². The SMILES string of the molecule is Cc1cscn1.Fc1ccoc1. The zero-order chi connectivity index (χ0) is 8.81. The van der Waals surface area contributed by atoms with Gasteiger partial charge in [-0.05, 0) is 6.92 Å². The summed E-state index contributed by atoms with van der Waals surface area (Å²) in [6.07, 6.45) is 2.33. The average Bonchev–Trinajstić information content (AvgIpc) is 2.63. The molecule has 64 valence electrons. The van der Waals surface area contributed by atoms with Gasteiger partial charge in [-0.2, -0.15) is 0 Å². The van der Waals surface area contributed by atoms with Gasteiger partial charge in [0.2, 0.25) is 0 Å². The maximum atomic E-state index is 11.6. The predicted octanol–water partition coefficient (Wildman–Crippen LogP) is 2.87. The van der Waals surface area contributed by atoms with E-state index in [2.05, 4.69) is 9.40 Å². The molecule has 0 amide bonds. The summed E-state index contributed by atoms with van der Waals surface area (Å²) in [5.41, 5.74) is 2.94. The van der Waals surface area contributed by atoms with Crippen LogP contribution in [0.15, 0.2) is 33.9 Å². The highest BCUT2D eigenvalue weighted by atomic mass is 32.1. The van der Waals surface area contributed by atoms with Gasteiger partial charge < -0.3 is 4.42 Å². The fraction of sp³-hybridized carbons (Fsp3) is 0.125. The van der Waals surface area contributed by atoms with Crippen LogP contribution < -0.4 is 0 Å². The summed E-state index contributed by atoms with van der Waals surface area (Å²) in [7, 11) is 0. The lowest BCUT2D eigenvalue weighted by atomic mass is 10.6. The Morgan fingerprint density at radius 1 is 1.58 bits per heavy atom. The highest BCUT2D eigenvalue weighted by molar-refractivity contribution is 7.07. The van der Waals surface area contributed by atoms with Crippen molar-refractivity contribution in [1.29, 1.82) is 0 Å². The lowest BCUT2D eigenvalue weighted by molar-refractivity contribution is 0.532. The molecule has 2 aromatic heterocycles. The Morgan fingerprint density at radius 3 is 2.58 bits per heavy atom. The first-order chi connectivity index (χ1) is 5.79. The molecule has 0 aromatic carbocycles. The first-order valence-electron chi connectivity index (χ1n) is 3.31. The molecule has 2 aromatic rings. The van der Waals surface area contributed by atoms with E-state index in [0.717, 1.165) is 12.0 Å². The molecule has 2 heterocycles. The third-order valence-electron chi connectivity index (χ3n) is 1.04. The number of aryl methyl sites for hydroxylation is 1. The topological polar surface area (TPSA) is 26.0 Å². The first kappa shape index (κ1) is 8.93. The van der Waals surface area contributed by atoms with Crippen LogP contribution in [0.2, 0.25) is 0 Å². The Bertz CT molecular complexity index is 258. The van der Waals surface area contributed by atoms with Crippen LogP contribution in [0.1, 0.15) is 5.69 Å². The Morgan fingerprint density at radius 2 is 2.42 bits per heavy atom. The standard InChI is InChI=1S/C4H3FO.C4H5NS/c5-4-1-2-6-3-4;1-4-2-6-3-5-4/h1-3H;2-3H,1H3. The number of hydrogen-bond donors (Lipinski definition) is 0. The van der Waals surface area contributed by atoms with Gasteiger partial charge in [-0.3, -0.25) is 4.98 Å². The zero-order valence-electron chi connectivity index (χ0n) is 6.53. The van der Waals surface area contributed by atoms with E-state index < -0.39 is 0 Å². The van der Waals surface area contributed by atoms with E-state index in [-0.39, 0.29) is 5.82 Å². The molecule has 0 N–H and O–H groups in total. The quantitative estimate of drug-likeness (QED) is 0.630. The zero-order valence-corrected chi connectivity index (χ0v) is 7.34. The minimum absolute atomic E-state index is 0.324. The molecule has 0 aliphatic rings. The molecule has 2 rings (SSSR count). The summed E-state index contributed by atoms with van der Waals surface area (Å²) in [5, 5.41) is 2.01. The second kappa shape index (κ2) is 4.66. The molecule has 0 aliphatic heterocycles. The van der Waals surface area contributed by atoms with E-state index >= 15 is 0 Å². The number of thiazole rings is 1. The van der Waals surface area contributed by atoms with Crippen molar-refractivity contribution >= 4 is 11.3 Å². The largest absolute Gasteiger partial charge is 0.469 e. The second-order valence-corrected chi connectivity index (χ2v) is 2.79. The monoisotopic (exact) mass is 185 g/mol. The molecule has 0 bridgehead atoms. The number of rotatable bonds is 0. The molecule has 2 nitrogen and oxygen atoms in total. The average molecular weight is 185 g/mol. The number of furan rings is 1. The van der Waals surface area contributed by atoms with Gasteiger partial charge in [-0.1, -0.05) is 0 Å². The summed E-state index contributed by atoms with van der Waals surface area (Å²) >= 11 is 1.63. The van der Waals surface area contributed by atoms with E-state index in [1.807, 2.05) is 17.8 Å². The second-order valence-electron chi connectivity index (χ2n) is 2.07. The van der Waals surface area contributed by atoms with Crippen molar-refractivity contribution in [2.24, 2.45) is 0 Å². The molecule has 0 atom stereocenters. The molecule has 0 aliphatic carbocycles. The summed E-state index contributed by atoms with van der Waals surface area (Å²) < 4.78 is 15.9. The van der Waals surface area contributed by atoms with Gasteiger partial charge in [-0.25, -0.2) is 4.39 Å². The van der Waals surface area contributed by atoms with Crippen molar-refractivity contribution in [3.8, 4) is 0 Å². The van der Waals surface area contributed by atoms with Crippen molar-refractivity contribution in [1.82, 2.24) is 4.98 Å². The number of aromatic nitrogens is 1. The first-order valence-corrected chi connectivity index (χ1v) is 4.26. The van der Waals surface area contributed by atoms with Crippen LogP contribution in [-0.4, -0.2) is 4.98 Å². The molecular weight excluding hydrogens is 177 g/mol. The minimum Gasteiger partial charge on any atom is -0.469 e. The predicted molar refractivity (Wildman–Crippen MR) is 45.5 cm³/mol. The summed E-state index contributed by atoms with van der Waals surface area (Å²) in [4.78, 5) is 3.94. The van der Waals surface area contributed by atoms with Crippen LogP contribution in [0, 0.1) is 12.7 Å². The number of halogens is 1. The molecule has 0 saturated heterocycles. The lowest BCUT2D eigenvalue weighted by Gasteiger charge is -1.64. The summed E-state index contributed by atoms with van der Waals surface area (Å²) in [6, 6.07) is 1.25. The smallest absolute Gasteiger partial charge is 0.161 e. The van der Waals surface area contributed by atoms with Gasteiger partial charge in [0.1, 0.15) is 6.26 Å².